The molecule has 0 amide bonds. The monoisotopic (exact) mass is 276 g/mol. The molecule has 0 spiro atoms. The summed E-state index contributed by atoms with van der Waals surface area (Å²) in [5.41, 5.74) is 0. The second kappa shape index (κ2) is 8.12. The van der Waals surface area contributed by atoms with E-state index in [0.29, 0.717) is 12.3 Å². The Morgan fingerprint density at radius 3 is 2.56 bits per heavy atom. The molecule has 1 fully saturated rings. The Labute approximate surface area is 112 Å². The Kier molecular flexibility index (Phi) is 7.19. The molecular weight excluding hydrogens is 248 g/mol. The van der Waals surface area contributed by atoms with E-state index in [0.717, 1.165) is 51.9 Å². The van der Waals surface area contributed by atoms with Crippen LogP contribution in [0, 0.1) is 0 Å². The predicted molar refractivity (Wildman–Crippen MR) is 76.7 cm³/mol. The van der Waals surface area contributed by atoms with Gasteiger partial charge in [0.05, 0.1) is 11.0 Å². The highest BCUT2D eigenvalue weighted by atomic mass is 32.2. The minimum absolute atomic E-state index is 0.139. The van der Waals surface area contributed by atoms with Crippen molar-refractivity contribution in [2.24, 2.45) is 0 Å². The van der Waals surface area contributed by atoms with Gasteiger partial charge in [0.15, 0.2) is 9.84 Å². The number of nitrogens with zero attached hydrogens (tertiary/aromatic N) is 1. The van der Waals surface area contributed by atoms with Crippen LogP contribution in [0.2, 0.25) is 0 Å². The van der Waals surface area contributed by atoms with E-state index in [9.17, 15) is 8.42 Å². The van der Waals surface area contributed by atoms with Gasteiger partial charge in [0.25, 0.3) is 0 Å². The van der Waals surface area contributed by atoms with Crippen molar-refractivity contribution in [3.8, 4) is 0 Å². The molecule has 1 N–H and O–H groups in total. The number of hydrogen-bond acceptors (Lipinski definition) is 4. The molecular formula is C13H28N2O2S. The minimum Gasteiger partial charge on any atom is -0.315 e. The standard InChI is InChI=1S/C13H28N2O2S/c1-3-15(4-2)10-7-9-14-12-13-8-5-6-11-18(13,16)17/h13-14H,3-12H2,1-2H3. The molecule has 1 atom stereocenters. The molecule has 18 heavy (non-hydrogen) atoms. The lowest BCUT2D eigenvalue weighted by atomic mass is 10.2. The van der Waals surface area contributed by atoms with Gasteiger partial charge < -0.3 is 10.2 Å². The number of nitrogens with one attached hydrogen (secondary N) is 1. The molecule has 1 heterocycles. The minimum atomic E-state index is -2.81. The molecule has 1 aliphatic heterocycles. The molecule has 0 radical (unpaired) electrons. The quantitative estimate of drug-likeness (QED) is 0.678. The first-order valence-corrected chi connectivity index (χ1v) is 8.96. The van der Waals surface area contributed by atoms with Crippen LogP contribution in [0.15, 0.2) is 0 Å². The van der Waals surface area contributed by atoms with Gasteiger partial charge in [-0.3, -0.25) is 0 Å². The van der Waals surface area contributed by atoms with Crippen molar-refractivity contribution in [1.82, 2.24) is 10.2 Å². The molecule has 1 rings (SSSR count). The van der Waals surface area contributed by atoms with Gasteiger partial charge in [-0.2, -0.15) is 0 Å². The zero-order chi connectivity index (χ0) is 13.4. The van der Waals surface area contributed by atoms with Gasteiger partial charge in [-0.1, -0.05) is 20.3 Å². The van der Waals surface area contributed by atoms with Crippen molar-refractivity contribution < 1.29 is 8.42 Å². The van der Waals surface area contributed by atoms with Crippen LogP contribution in [-0.4, -0.2) is 57.0 Å². The van der Waals surface area contributed by atoms with E-state index in [1.807, 2.05) is 0 Å². The molecule has 0 aliphatic carbocycles. The Balaban J connectivity index is 2.14. The van der Waals surface area contributed by atoms with E-state index in [1.54, 1.807) is 0 Å². The fraction of sp³-hybridized carbons (Fsp3) is 1.00. The molecule has 0 aromatic carbocycles. The number of rotatable bonds is 8. The maximum absolute atomic E-state index is 11.8. The summed E-state index contributed by atoms with van der Waals surface area (Å²) < 4.78 is 23.6. The fourth-order valence-electron chi connectivity index (χ4n) is 2.48. The average Bonchev–Trinajstić information content (AvgIpc) is 2.35. The van der Waals surface area contributed by atoms with Gasteiger partial charge in [0.2, 0.25) is 0 Å². The molecule has 0 aromatic rings. The lowest BCUT2D eigenvalue weighted by molar-refractivity contribution is 0.298. The Bertz CT molecular complexity index is 313. The molecule has 4 nitrogen and oxygen atoms in total. The zero-order valence-electron chi connectivity index (χ0n) is 11.8. The van der Waals surface area contributed by atoms with E-state index >= 15 is 0 Å². The first-order valence-electron chi connectivity index (χ1n) is 7.24. The number of sulfone groups is 1. The summed E-state index contributed by atoms with van der Waals surface area (Å²) in [7, 11) is -2.81. The lowest BCUT2D eigenvalue weighted by Gasteiger charge is -2.23. The van der Waals surface area contributed by atoms with Gasteiger partial charge in [0, 0.05) is 6.54 Å². The summed E-state index contributed by atoms with van der Waals surface area (Å²) in [6, 6.07) is 0. The van der Waals surface area contributed by atoms with Crippen LogP contribution in [0.3, 0.4) is 0 Å². The third-order valence-electron chi connectivity index (χ3n) is 3.81. The smallest absolute Gasteiger partial charge is 0.154 e. The summed E-state index contributed by atoms with van der Waals surface area (Å²) in [6.45, 7) is 9.18. The van der Waals surface area contributed by atoms with Crippen molar-refractivity contribution in [3.05, 3.63) is 0 Å². The average molecular weight is 276 g/mol. The first kappa shape index (κ1) is 15.9. The van der Waals surface area contributed by atoms with Crippen molar-refractivity contribution in [2.75, 3.05) is 38.5 Å². The van der Waals surface area contributed by atoms with Crippen molar-refractivity contribution in [3.63, 3.8) is 0 Å². The highest BCUT2D eigenvalue weighted by Gasteiger charge is 2.27. The topological polar surface area (TPSA) is 49.4 Å². The fourth-order valence-corrected chi connectivity index (χ4v) is 4.32. The highest BCUT2D eigenvalue weighted by molar-refractivity contribution is 7.92. The maximum atomic E-state index is 11.8. The Hall–Kier alpha value is -0.130. The molecule has 1 unspecified atom stereocenters. The zero-order valence-corrected chi connectivity index (χ0v) is 12.6. The molecule has 0 bridgehead atoms. The lowest BCUT2D eigenvalue weighted by Crippen LogP contribution is -2.38. The van der Waals surface area contributed by atoms with E-state index < -0.39 is 9.84 Å². The molecule has 0 saturated carbocycles. The predicted octanol–water partition coefficient (Wildman–Crippen LogP) is 1.28. The number of hydrogen-bond donors (Lipinski definition) is 1. The van der Waals surface area contributed by atoms with Crippen molar-refractivity contribution in [2.45, 2.75) is 44.8 Å². The SMILES string of the molecule is CCN(CC)CCCNCC1CCCCS1(=O)=O. The van der Waals surface area contributed by atoms with Crippen molar-refractivity contribution in [1.29, 1.82) is 0 Å². The van der Waals surface area contributed by atoms with Gasteiger partial charge in [-0.15, -0.1) is 0 Å². The van der Waals surface area contributed by atoms with Gasteiger partial charge in [-0.25, -0.2) is 8.42 Å². The van der Waals surface area contributed by atoms with Crippen LogP contribution in [0.1, 0.15) is 39.5 Å². The second-order valence-electron chi connectivity index (χ2n) is 5.07. The first-order chi connectivity index (χ1) is 8.60. The van der Waals surface area contributed by atoms with Crippen molar-refractivity contribution >= 4 is 9.84 Å². The summed E-state index contributed by atoms with van der Waals surface area (Å²) in [6.07, 6.45) is 3.84. The van der Waals surface area contributed by atoms with E-state index in [4.69, 9.17) is 0 Å². The molecule has 0 aromatic heterocycles. The second-order valence-corrected chi connectivity index (χ2v) is 7.47. The Morgan fingerprint density at radius 2 is 1.94 bits per heavy atom. The van der Waals surface area contributed by atoms with Crippen LogP contribution in [0.5, 0.6) is 0 Å². The Morgan fingerprint density at radius 1 is 1.22 bits per heavy atom. The molecule has 5 heteroatoms. The summed E-state index contributed by atoms with van der Waals surface area (Å²) in [5.74, 6) is 0.388. The van der Waals surface area contributed by atoms with E-state index in [-0.39, 0.29) is 5.25 Å². The summed E-state index contributed by atoms with van der Waals surface area (Å²) >= 11 is 0. The van der Waals surface area contributed by atoms with Crippen LogP contribution in [0.25, 0.3) is 0 Å². The molecule has 108 valence electrons. The van der Waals surface area contributed by atoms with E-state index in [2.05, 4.69) is 24.1 Å². The van der Waals surface area contributed by atoms with Crippen LogP contribution in [0.4, 0.5) is 0 Å². The summed E-state index contributed by atoms with van der Waals surface area (Å²) in [4.78, 5) is 2.39. The normalized spacial score (nSPS) is 23.4. The maximum Gasteiger partial charge on any atom is 0.154 e. The van der Waals surface area contributed by atoms with Crippen LogP contribution in [-0.2, 0) is 9.84 Å². The molecule has 1 saturated heterocycles. The third kappa shape index (κ3) is 5.24. The van der Waals surface area contributed by atoms with Gasteiger partial charge in [0.1, 0.15) is 0 Å². The highest BCUT2D eigenvalue weighted by Crippen LogP contribution is 2.18. The summed E-state index contributed by atoms with van der Waals surface area (Å²) in [5, 5.41) is 3.17. The molecule has 1 aliphatic rings. The third-order valence-corrected chi connectivity index (χ3v) is 6.08. The van der Waals surface area contributed by atoms with E-state index in [1.165, 1.54) is 0 Å². The van der Waals surface area contributed by atoms with Crippen LogP contribution < -0.4 is 5.32 Å². The van der Waals surface area contributed by atoms with Crippen LogP contribution >= 0.6 is 0 Å². The largest absolute Gasteiger partial charge is 0.315 e. The van der Waals surface area contributed by atoms with Gasteiger partial charge in [-0.05, 0) is 45.4 Å². The van der Waals surface area contributed by atoms with Gasteiger partial charge >= 0.3 is 0 Å².